The molecule has 4 heteroatoms. The van der Waals surface area contributed by atoms with Gasteiger partial charge in [-0.05, 0) is 30.4 Å². The molecule has 0 spiro atoms. The molecule has 0 amide bonds. The van der Waals surface area contributed by atoms with Crippen LogP contribution in [0.15, 0.2) is 18.2 Å². The number of carbonyl (C=O) groups excluding carboxylic acids is 1. The van der Waals surface area contributed by atoms with Crippen LogP contribution in [0.1, 0.15) is 43.9 Å². The molecule has 3 nitrogen and oxygen atoms in total. The molecule has 0 saturated carbocycles. The van der Waals surface area contributed by atoms with Gasteiger partial charge in [-0.1, -0.05) is 37.6 Å². The number of benzene rings is 1. The highest BCUT2D eigenvalue weighted by molar-refractivity contribution is 6.31. The number of esters is 1. The number of rotatable bonds is 4. The second-order valence-electron chi connectivity index (χ2n) is 5.63. The number of ether oxygens (including phenoxy) is 2. The van der Waals surface area contributed by atoms with Gasteiger partial charge in [0.15, 0.2) is 0 Å². The first-order valence-corrected chi connectivity index (χ1v) is 7.40. The van der Waals surface area contributed by atoms with Crippen LogP contribution in [0.5, 0.6) is 0 Å². The van der Waals surface area contributed by atoms with Crippen LogP contribution >= 0.6 is 11.6 Å². The van der Waals surface area contributed by atoms with Gasteiger partial charge < -0.3 is 9.47 Å². The molecule has 0 aromatic heterocycles. The van der Waals surface area contributed by atoms with Crippen molar-refractivity contribution < 1.29 is 14.3 Å². The van der Waals surface area contributed by atoms with Crippen LogP contribution in [0.4, 0.5) is 0 Å². The average Bonchev–Trinajstić information content (AvgIpc) is 2.38. The van der Waals surface area contributed by atoms with Gasteiger partial charge in [-0.15, -0.1) is 0 Å². The van der Waals surface area contributed by atoms with Crippen LogP contribution in [0.25, 0.3) is 0 Å². The van der Waals surface area contributed by atoms with Crippen LogP contribution in [0, 0.1) is 5.92 Å². The van der Waals surface area contributed by atoms with E-state index in [0.717, 1.165) is 18.4 Å². The fraction of sp³-hybridized carbons (Fsp3) is 0.562. The smallest absolute Gasteiger partial charge is 0.306 e. The summed E-state index contributed by atoms with van der Waals surface area (Å²) in [6.45, 7) is 4.00. The molecule has 1 aliphatic carbocycles. The van der Waals surface area contributed by atoms with E-state index in [0.29, 0.717) is 17.4 Å². The van der Waals surface area contributed by atoms with Crippen molar-refractivity contribution in [2.75, 3.05) is 7.11 Å². The number of methoxy groups -OCH3 is 1. The highest BCUT2D eigenvalue weighted by Gasteiger charge is 2.34. The zero-order chi connectivity index (χ0) is 14.7. The maximum absolute atomic E-state index is 11.9. The Bertz CT molecular complexity index is 485. The van der Waals surface area contributed by atoms with Gasteiger partial charge in [0.2, 0.25) is 0 Å². The molecule has 0 unspecified atom stereocenters. The Hall–Kier alpha value is -1.06. The summed E-state index contributed by atoms with van der Waals surface area (Å²) in [5.74, 6) is 0.130. The van der Waals surface area contributed by atoms with Gasteiger partial charge in [0.05, 0.1) is 0 Å². The number of halogens is 1. The predicted octanol–water partition coefficient (Wildman–Crippen LogP) is 3.93. The van der Waals surface area contributed by atoms with E-state index >= 15 is 0 Å². The summed E-state index contributed by atoms with van der Waals surface area (Å²) < 4.78 is 11.2. The van der Waals surface area contributed by atoms with E-state index in [1.807, 2.05) is 26.0 Å². The third-order valence-corrected chi connectivity index (χ3v) is 3.90. The summed E-state index contributed by atoms with van der Waals surface area (Å²) in [6, 6.07) is 5.85. The average molecular weight is 297 g/mol. The minimum atomic E-state index is -0.274. The molecule has 0 saturated heterocycles. The number of fused-ring (bicyclic) bond motifs is 1. The highest BCUT2D eigenvalue weighted by Crippen LogP contribution is 2.38. The fourth-order valence-corrected chi connectivity index (χ4v) is 3.00. The summed E-state index contributed by atoms with van der Waals surface area (Å²) in [5, 5.41) is 0.680. The minimum Gasteiger partial charge on any atom is -0.459 e. The Balaban J connectivity index is 2.17. The lowest BCUT2D eigenvalue weighted by Crippen LogP contribution is -2.32. The van der Waals surface area contributed by atoms with Crippen LogP contribution in [0.3, 0.4) is 0 Å². The van der Waals surface area contributed by atoms with E-state index < -0.39 is 0 Å². The van der Waals surface area contributed by atoms with E-state index in [4.69, 9.17) is 21.1 Å². The first-order chi connectivity index (χ1) is 9.52. The third kappa shape index (κ3) is 3.33. The Kier molecular flexibility index (Phi) is 5.06. The van der Waals surface area contributed by atoms with Crippen molar-refractivity contribution in [2.24, 2.45) is 5.92 Å². The Labute approximate surface area is 125 Å². The van der Waals surface area contributed by atoms with E-state index in [9.17, 15) is 4.79 Å². The monoisotopic (exact) mass is 296 g/mol. The number of hydrogen-bond acceptors (Lipinski definition) is 3. The van der Waals surface area contributed by atoms with Crippen molar-refractivity contribution in [3.05, 3.63) is 34.3 Å². The molecule has 2 atom stereocenters. The van der Waals surface area contributed by atoms with Crippen molar-refractivity contribution in [1.82, 2.24) is 0 Å². The van der Waals surface area contributed by atoms with Crippen molar-refractivity contribution in [3.63, 3.8) is 0 Å². The molecular weight excluding hydrogens is 276 g/mol. The van der Waals surface area contributed by atoms with Gasteiger partial charge in [-0.3, -0.25) is 4.79 Å². The maximum atomic E-state index is 11.9. The van der Waals surface area contributed by atoms with Crippen LogP contribution in [-0.2, 0) is 20.7 Å². The van der Waals surface area contributed by atoms with Gasteiger partial charge in [0.25, 0.3) is 0 Å². The molecule has 0 bridgehead atoms. The molecule has 0 radical (unpaired) electrons. The van der Waals surface area contributed by atoms with E-state index in [-0.39, 0.29) is 18.2 Å². The topological polar surface area (TPSA) is 35.5 Å². The molecule has 1 aromatic carbocycles. The largest absolute Gasteiger partial charge is 0.459 e. The van der Waals surface area contributed by atoms with Gasteiger partial charge in [-0.25, -0.2) is 0 Å². The number of aryl methyl sites for hydroxylation is 1. The molecule has 20 heavy (non-hydrogen) atoms. The lowest BCUT2D eigenvalue weighted by molar-refractivity contribution is -0.158. The van der Waals surface area contributed by atoms with Gasteiger partial charge in [0, 0.05) is 24.1 Å². The summed E-state index contributed by atoms with van der Waals surface area (Å²) in [4.78, 5) is 11.9. The first kappa shape index (κ1) is 15.3. The second kappa shape index (κ2) is 6.59. The van der Waals surface area contributed by atoms with Crippen molar-refractivity contribution in [3.8, 4) is 0 Å². The molecule has 0 aliphatic heterocycles. The minimum absolute atomic E-state index is 0.164. The quantitative estimate of drug-likeness (QED) is 0.790. The molecule has 110 valence electrons. The summed E-state index contributed by atoms with van der Waals surface area (Å²) in [6.07, 6.45) is 1.54. The van der Waals surface area contributed by atoms with Crippen molar-refractivity contribution >= 4 is 17.6 Å². The van der Waals surface area contributed by atoms with Gasteiger partial charge in [0.1, 0.15) is 12.2 Å². The highest BCUT2D eigenvalue weighted by atomic mass is 35.5. The summed E-state index contributed by atoms with van der Waals surface area (Å²) in [7, 11) is 1.63. The molecular formula is C16H21ClO3. The Morgan fingerprint density at radius 1 is 1.45 bits per heavy atom. The zero-order valence-electron chi connectivity index (χ0n) is 12.2. The maximum Gasteiger partial charge on any atom is 0.306 e. The standard InChI is InChI=1S/C16H21ClO3/c1-10(2)9-14(18)20-13-8-7-11-5-4-6-12(17)15(11)16(13)19-3/h4-6,10,13,16H,7-9H2,1-3H3/t13-,16-/m1/s1. The lowest BCUT2D eigenvalue weighted by atomic mass is 9.87. The Morgan fingerprint density at radius 2 is 2.20 bits per heavy atom. The molecule has 1 aliphatic rings. The third-order valence-electron chi connectivity index (χ3n) is 3.58. The second-order valence-corrected chi connectivity index (χ2v) is 6.04. The van der Waals surface area contributed by atoms with Crippen LogP contribution in [-0.4, -0.2) is 19.2 Å². The lowest BCUT2D eigenvalue weighted by Gasteiger charge is -2.33. The predicted molar refractivity (Wildman–Crippen MR) is 78.9 cm³/mol. The Morgan fingerprint density at radius 3 is 2.85 bits per heavy atom. The SMILES string of the molecule is CO[C@H]1c2c(Cl)cccc2CC[C@H]1OC(=O)CC(C)C. The van der Waals surface area contributed by atoms with Crippen LogP contribution < -0.4 is 0 Å². The zero-order valence-corrected chi connectivity index (χ0v) is 12.9. The first-order valence-electron chi connectivity index (χ1n) is 7.02. The number of carbonyl (C=O) groups is 1. The molecule has 0 fully saturated rings. The summed E-state index contributed by atoms with van der Waals surface area (Å²) in [5.41, 5.74) is 2.14. The molecule has 2 rings (SSSR count). The normalized spacial score (nSPS) is 21.6. The van der Waals surface area contributed by atoms with Gasteiger partial charge in [-0.2, -0.15) is 0 Å². The number of hydrogen-bond donors (Lipinski definition) is 0. The molecule has 0 heterocycles. The molecule has 1 aromatic rings. The van der Waals surface area contributed by atoms with Crippen LogP contribution in [0.2, 0.25) is 5.02 Å². The van der Waals surface area contributed by atoms with E-state index in [1.54, 1.807) is 7.11 Å². The van der Waals surface area contributed by atoms with Crippen molar-refractivity contribution in [2.45, 2.75) is 45.3 Å². The van der Waals surface area contributed by atoms with Gasteiger partial charge >= 0.3 is 5.97 Å². The van der Waals surface area contributed by atoms with E-state index in [2.05, 4.69) is 6.07 Å². The van der Waals surface area contributed by atoms with Crippen molar-refractivity contribution in [1.29, 1.82) is 0 Å². The molecule has 0 N–H and O–H groups in total. The fourth-order valence-electron chi connectivity index (χ4n) is 2.69. The van der Waals surface area contributed by atoms with E-state index in [1.165, 1.54) is 5.56 Å². The summed E-state index contributed by atoms with van der Waals surface area (Å²) >= 11 is 6.28.